The molecule has 0 aromatic heterocycles. The number of carbonyl (C=O) groups is 2. The van der Waals surface area contributed by atoms with Gasteiger partial charge in [0.25, 0.3) is 11.8 Å². The Labute approximate surface area is 143 Å². The molecule has 4 nitrogen and oxygen atoms in total. The number of carbonyl (C=O) groups excluding carboxylic acids is 2. The average molecular weight is 324 g/mol. The van der Waals surface area contributed by atoms with Crippen molar-refractivity contribution in [2.45, 2.75) is 26.2 Å². The van der Waals surface area contributed by atoms with Gasteiger partial charge in [-0.2, -0.15) is 0 Å². The first kappa shape index (κ1) is 17.7. The largest absolute Gasteiger partial charge is 0.352 e. The predicted octanol–water partition coefficient (Wildman–Crippen LogP) is 3.88. The van der Waals surface area contributed by atoms with Gasteiger partial charge in [-0.3, -0.25) is 9.59 Å². The maximum absolute atomic E-state index is 12.6. The molecule has 0 atom stereocenters. The molecule has 2 aromatic rings. The Bertz CT molecular complexity index is 683. The summed E-state index contributed by atoms with van der Waals surface area (Å²) < 4.78 is 0. The van der Waals surface area contributed by atoms with E-state index in [-0.39, 0.29) is 11.8 Å². The van der Waals surface area contributed by atoms with Crippen molar-refractivity contribution in [2.75, 3.05) is 18.5 Å². The van der Waals surface area contributed by atoms with E-state index in [1.54, 1.807) is 36.2 Å². The van der Waals surface area contributed by atoms with E-state index in [4.69, 9.17) is 0 Å². The normalized spacial score (nSPS) is 10.2. The number of benzene rings is 2. The van der Waals surface area contributed by atoms with Crippen LogP contribution in [0, 0.1) is 0 Å². The molecule has 2 amide bonds. The average Bonchev–Trinajstić information content (AvgIpc) is 2.64. The van der Waals surface area contributed by atoms with E-state index in [2.05, 4.69) is 12.2 Å². The summed E-state index contributed by atoms with van der Waals surface area (Å²) in [4.78, 5) is 26.4. The maximum atomic E-state index is 12.6. The highest BCUT2D eigenvalue weighted by Crippen LogP contribution is 2.15. The van der Waals surface area contributed by atoms with Crippen LogP contribution in [-0.2, 0) is 0 Å². The molecule has 0 saturated heterocycles. The fourth-order valence-corrected chi connectivity index (χ4v) is 2.43. The minimum Gasteiger partial charge on any atom is -0.352 e. The van der Waals surface area contributed by atoms with Gasteiger partial charge in [-0.15, -0.1) is 0 Å². The Balaban J connectivity index is 2.06. The molecule has 2 rings (SSSR count). The summed E-state index contributed by atoms with van der Waals surface area (Å²) >= 11 is 0. The van der Waals surface area contributed by atoms with Crippen molar-refractivity contribution in [3.05, 3.63) is 65.7 Å². The number of nitrogens with zero attached hydrogens (tertiary/aromatic N) is 1. The van der Waals surface area contributed by atoms with E-state index in [9.17, 15) is 9.59 Å². The first-order chi connectivity index (χ1) is 11.6. The summed E-state index contributed by atoms with van der Waals surface area (Å²) in [6.07, 6.45) is 3.18. The second-order valence-corrected chi connectivity index (χ2v) is 5.74. The number of hydrogen-bond acceptors (Lipinski definition) is 2. The third kappa shape index (κ3) is 4.69. The van der Waals surface area contributed by atoms with Crippen LogP contribution in [0.15, 0.2) is 54.6 Å². The summed E-state index contributed by atoms with van der Waals surface area (Å²) in [7, 11) is 1.73. The number of nitrogens with one attached hydrogen (secondary N) is 1. The van der Waals surface area contributed by atoms with Gasteiger partial charge in [0.05, 0.1) is 0 Å². The molecular weight excluding hydrogens is 300 g/mol. The molecule has 4 heteroatoms. The third-order valence-corrected chi connectivity index (χ3v) is 3.89. The van der Waals surface area contributed by atoms with Crippen molar-refractivity contribution in [3.63, 3.8) is 0 Å². The minimum absolute atomic E-state index is 0.136. The van der Waals surface area contributed by atoms with Crippen molar-refractivity contribution in [1.82, 2.24) is 5.32 Å². The van der Waals surface area contributed by atoms with Crippen LogP contribution in [0.2, 0.25) is 0 Å². The number of hydrogen-bond donors (Lipinski definition) is 1. The van der Waals surface area contributed by atoms with Crippen LogP contribution in [0.25, 0.3) is 0 Å². The Kier molecular flexibility index (Phi) is 6.55. The van der Waals surface area contributed by atoms with Gasteiger partial charge in [0, 0.05) is 30.4 Å². The second-order valence-electron chi connectivity index (χ2n) is 5.74. The lowest BCUT2D eigenvalue weighted by Gasteiger charge is -2.17. The zero-order chi connectivity index (χ0) is 17.4. The van der Waals surface area contributed by atoms with E-state index in [1.807, 2.05) is 30.3 Å². The molecule has 0 bridgehead atoms. The molecule has 0 aliphatic rings. The standard InChI is InChI=1S/C20H24N2O2/c1-3-4-8-14-21-19(23)16-10-9-11-17(15-16)20(24)22(2)18-12-6-5-7-13-18/h5-7,9-13,15H,3-4,8,14H2,1-2H3,(H,21,23). The lowest BCUT2D eigenvalue weighted by Crippen LogP contribution is -2.27. The van der Waals surface area contributed by atoms with E-state index in [0.29, 0.717) is 17.7 Å². The molecule has 0 aliphatic heterocycles. The first-order valence-electron chi connectivity index (χ1n) is 8.35. The zero-order valence-electron chi connectivity index (χ0n) is 14.3. The number of unbranched alkanes of at least 4 members (excludes halogenated alkanes) is 2. The van der Waals surface area contributed by atoms with Crippen molar-refractivity contribution in [2.24, 2.45) is 0 Å². The molecule has 0 unspecified atom stereocenters. The molecule has 2 aromatic carbocycles. The molecule has 0 radical (unpaired) electrons. The minimum atomic E-state index is -0.137. The molecular formula is C20H24N2O2. The fourth-order valence-electron chi connectivity index (χ4n) is 2.43. The Hall–Kier alpha value is -2.62. The number of para-hydroxylation sites is 1. The highest BCUT2D eigenvalue weighted by atomic mass is 16.2. The monoisotopic (exact) mass is 324 g/mol. The lowest BCUT2D eigenvalue weighted by atomic mass is 10.1. The van der Waals surface area contributed by atoms with Crippen molar-refractivity contribution < 1.29 is 9.59 Å². The number of anilines is 1. The van der Waals surface area contributed by atoms with Gasteiger partial charge in [0.2, 0.25) is 0 Å². The second kappa shape index (κ2) is 8.87. The molecule has 24 heavy (non-hydrogen) atoms. The SMILES string of the molecule is CCCCCNC(=O)c1cccc(C(=O)N(C)c2ccccc2)c1. The van der Waals surface area contributed by atoms with Crippen LogP contribution in [0.5, 0.6) is 0 Å². The molecule has 0 fully saturated rings. The van der Waals surface area contributed by atoms with Gasteiger partial charge in [-0.25, -0.2) is 0 Å². The zero-order valence-corrected chi connectivity index (χ0v) is 14.3. The smallest absolute Gasteiger partial charge is 0.258 e. The van der Waals surface area contributed by atoms with E-state index in [0.717, 1.165) is 24.9 Å². The van der Waals surface area contributed by atoms with Crippen LogP contribution < -0.4 is 10.2 Å². The molecule has 126 valence electrons. The Morgan fingerprint density at radius 3 is 2.38 bits per heavy atom. The Morgan fingerprint density at radius 1 is 0.958 bits per heavy atom. The molecule has 0 aliphatic carbocycles. The number of amides is 2. The van der Waals surface area contributed by atoms with Gasteiger partial charge in [0.1, 0.15) is 0 Å². The molecule has 0 spiro atoms. The molecule has 0 heterocycles. The van der Waals surface area contributed by atoms with Crippen molar-refractivity contribution in [3.8, 4) is 0 Å². The number of rotatable bonds is 7. The van der Waals surface area contributed by atoms with Gasteiger partial charge >= 0.3 is 0 Å². The van der Waals surface area contributed by atoms with Gasteiger partial charge in [-0.1, -0.05) is 44.0 Å². The van der Waals surface area contributed by atoms with Crippen LogP contribution in [0.4, 0.5) is 5.69 Å². The summed E-state index contributed by atoms with van der Waals surface area (Å²) in [6, 6.07) is 16.3. The van der Waals surface area contributed by atoms with Gasteiger partial charge in [-0.05, 0) is 36.8 Å². The quantitative estimate of drug-likeness (QED) is 0.786. The van der Waals surface area contributed by atoms with Gasteiger partial charge < -0.3 is 10.2 Å². The van der Waals surface area contributed by atoms with Crippen LogP contribution >= 0.6 is 0 Å². The molecule has 1 N–H and O–H groups in total. The summed E-state index contributed by atoms with van der Waals surface area (Å²) in [5.41, 5.74) is 1.83. The van der Waals surface area contributed by atoms with Crippen molar-refractivity contribution >= 4 is 17.5 Å². The van der Waals surface area contributed by atoms with E-state index in [1.165, 1.54) is 0 Å². The summed E-state index contributed by atoms with van der Waals surface area (Å²) in [5.74, 6) is -0.273. The van der Waals surface area contributed by atoms with Gasteiger partial charge in [0.15, 0.2) is 0 Å². The molecule has 0 saturated carbocycles. The van der Waals surface area contributed by atoms with Crippen molar-refractivity contribution in [1.29, 1.82) is 0 Å². The highest BCUT2D eigenvalue weighted by Gasteiger charge is 2.15. The van der Waals surface area contributed by atoms with Crippen LogP contribution in [-0.4, -0.2) is 25.4 Å². The fraction of sp³-hybridized carbons (Fsp3) is 0.300. The summed E-state index contributed by atoms with van der Waals surface area (Å²) in [6.45, 7) is 2.79. The summed E-state index contributed by atoms with van der Waals surface area (Å²) in [5, 5.41) is 2.90. The first-order valence-corrected chi connectivity index (χ1v) is 8.35. The van der Waals surface area contributed by atoms with E-state index < -0.39 is 0 Å². The lowest BCUT2D eigenvalue weighted by molar-refractivity contribution is 0.0953. The Morgan fingerprint density at radius 2 is 1.67 bits per heavy atom. The van der Waals surface area contributed by atoms with Crippen LogP contribution in [0.1, 0.15) is 46.9 Å². The topological polar surface area (TPSA) is 49.4 Å². The predicted molar refractivity (Wildman–Crippen MR) is 97.5 cm³/mol. The maximum Gasteiger partial charge on any atom is 0.258 e. The van der Waals surface area contributed by atoms with Crippen LogP contribution in [0.3, 0.4) is 0 Å². The highest BCUT2D eigenvalue weighted by molar-refractivity contribution is 6.07. The van der Waals surface area contributed by atoms with E-state index >= 15 is 0 Å². The third-order valence-electron chi connectivity index (χ3n) is 3.89.